The molecule has 0 spiro atoms. The highest BCUT2D eigenvalue weighted by Crippen LogP contribution is 2.33. The van der Waals surface area contributed by atoms with Gasteiger partial charge in [-0.2, -0.15) is 4.39 Å². The predicted molar refractivity (Wildman–Crippen MR) is 70.2 cm³/mol. The lowest BCUT2D eigenvalue weighted by Crippen LogP contribution is -2.00. The van der Waals surface area contributed by atoms with Crippen LogP contribution in [0.2, 0.25) is 0 Å². The number of nitro groups is 1. The Morgan fingerprint density at radius 3 is 2.52 bits per heavy atom. The molecule has 1 N–H and O–H groups in total. The third kappa shape index (κ3) is 3.14. The SMILES string of the molecule is C[C@H](O)c1c(F)cccc1Oc1ccc([N+](=O)[O-])c(F)c1. The van der Waals surface area contributed by atoms with Crippen molar-refractivity contribution in [1.29, 1.82) is 0 Å². The molecule has 7 heteroatoms. The van der Waals surface area contributed by atoms with E-state index >= 15 is 0 Å². The molecular weight excluding hydrogens is 284 g/mol. The number of hydrogen-bond acceptors (Lipinski definition) is 4. The van der Waals surface area contributed by atoms with Crippen LogP contribution >= 0.6 is 0 Å². The largest absolute Gasteiger partial charge is 0.457 e. The lowest BCUT2D eigenvalue weighted by atomic mass is 10.1. The smallest absolute Gasteiger partial charge is 0.305 e. The lowest BCUT2D eigenvalue weighted by Gasteiger charge is -2.13. The standard InChI is InChI=1S/C14H11F2NO4/c1-8(18)14-10(15)3-2-4-13(14)21-9-5-6-12(17(19)20)11(16)7-9/h2-8,18H,1H3/t8-/m0/s1. The molecule has 0 unspecified atom stereocenters. The van der Waals surface area contributed by atoms with Crippen molar-refractivity contribution >= 4 is 5.69 Å². The molecule has 0 aliphatic heterocycles. The molecule has 0 aromatic heterocycles. The van der Waals surface area contributed by atoms with E-state index in [4.69, 9.17) is 4.74 Å². The topological polar surface area (TPSA) is 72.6 Å². The van der Waals surface area contributed by atoms with E-state index in [0.717, 1.165) is 18.2 Å². The van der Waals surface area contributed by atoms with Gasteiger partial charge in [-0.3, -0.25) is 10.1 Å². The summed E-state index contributed by atoms with van der Waals surface area (Å²) in [7, 11) is 0. The third-order valence-electron chi connectivity index (χ3n) is 2.77. The van der Waals surface area contributed by atoms with Crippen LogP contribution in [0.5, 0.6) is 11.5 Å². The molecule has 0 aliphatic rings. The van der Waals surface area contributed by atoms with Gasteiger partial charge in [0.05, 0.1) is 16.6 Å². The zero-order chi connectivity index (χ0) is 15.6. The van der Waals surface area contributed by atoms with E-state index in [2.05, 4.69) is 0 Å². The van der Waals surface area contributed by atoms with E-state index in [9.17, 15) is 24.0 Å². The van der Waals surface area contributed by atoms with Gasteiger partial charge in [-0.25, -0.2) is 4.39 Å². The summed E-state index contributed by atoms with van der Waals surface area (Å²) >= 11 is 0. The van der Waals surface area contributed by atoms with Gasteiger partial charge in [0, 0.05) is 12.1 Å². The Kier molecular flexibility index (Phi) is 4.13. The summed E-state index contributed by atoms with van der Waals surface area (Å²) in [5.74, 6) is -1.75. The maximum absolute atomic E-state index is 13.6. The van der Waals surface area contributed by atoms with Gasteiger partial charge in [-0.15, -0.1) is 0 Å². The molecule has 0 saturated carbocycles. The summed E-state index contributed by atoms with van der Waals surface area (Å²) in [5.41, 5.74) is -0.756. The Hall–Kier alpha value is -2.54. The molecule has 2 aromatic rings. The van der Waals surface area contributed by atoms with Crippen LogP contribution in [-0.2, 0) is 0 Å². The maximum Gasteiger partial charge on any atom is 0.305 e. The van der Waals surface area contributed by atoms with Gasteiger partial charge >= 0.3 is 5.69 Å². The molecule has 2 aromatic carbocycles. The fourth-order valence-corrected chi connectivity index (χ4v) is 1.84. The normalized spacial score (nSPS) is 12.0. The van der Waals surface area contributed by atoms with Gasteiger partial charge < -0.3 is 9.84 Å². The van der Waals surface area contributed by atoms with E-state index in [1.165, 1.54) is 25.1 Å². The fraction of sp³-hybridized carbons (Fsp3) is 0.143. The minimum atomic E-state index is -1.12. The molecular formula is C14H11F2NO4. The highest BCUT2D eigenvalue weighted by Gasteiger charge is 2.18. The summed E-state index contributed by atoms with van der Waals surface area (Å²) < 4.78 is 32.5. The average molecular weight is 295 g/mol. The number of ether oxygens (including phenoxy) is 1. The molecule has 0 aliphatic carbocycles. The van der Waals surface area contributed by atoms with E-state index in [0.29, 0.717) is 0 Å². The van der Waals surface area contributed by atoms with Crippen LogP contribution in [0.15, 0.2) is 36.4 Å². The van der Waals surface area contributed by atoms with E-state index < -0.39 is 28.3 Å². The van der Waals surface area contributed by atoms with Gasteiger partial charge in [0.25, 0.3) is 0 Å². The van der Waals surface area contributed by atoms with Crippen LogP contribution in [0.3, 0.4) is 0 Å². The second-order valence-electron chi connectivity index (χ2n) is 4.30. The molecule has 0 radical (unpaired) electrons. The van der Waals surface area contributed by atoms with Crippen LogP contribution < -0.4 is 4.74 Å². The van der Waals surface area contributed by atoms with Crippen LogP contribution in [0.25, 0.3) is 0 Å². The van der Waals surface area contributed by atoms with Crippen molar-refractivity contribution in [1.82, 2.24) is 0 Å². The quantitative estimate of drug-likeness (QED) is 0.689. The molecule has 21 heavy (non-hydrogen) atoms. The number of nitro benzene ring substituents is 1. The highest BCUT2D eigenvalue weighted by molar-refractivity contribution is 5.43. The van der Waals surface area contributed by atoms with Crippen LogP contribution in [0.1, 0.15) is 18.6 Å². The minimum Gasteiger partial charge on any atom is -0.457 e. The summed E-state index contributed by atoms with van der Waals surface area (Å²) in [6, 6.07) is 6.91. The summed E-state index contributed by atoms with van der Waals surface area (Å²) in [6.45, 7) is 1.36. The lowest BCUT2D eigenvalue weighted by molar-refractivity contribution is -0.387. The molecule has 2 rings (SSSR count). The van der Waals surface area contributed by atoms with Gasteiger partial charge in [0.1, 0.15) is 17.3 Å². The molecule has 0 saturated heterocycles. The van der Waals surface area contributed by atoms with Crippen molar-refractivity contribution < 1.29 is 23.5 Å². The first-order chi connectivity index (χ1) is 9.90. The van der Waals surface area contributed by atoms with E-state index in [1.807, 2.05) is 0 Å². The van der Waals surface area contributed by atoms with Crippen LogP contribution in [0, 0.1) is 21.7 Å². The molecule has 0 heterocycles. The number of halogens is 2. The summed E-state index contributed by atoms with van der Waals surface area (Å²) in [4.78, 5) is 9.66. The fourth-order valence-electron chi connectivity index (χ4n) is 1.84. The van der Waals surface area contributed by atoms with Crippen LogP contribution in [0.4, 0.5) is 14.5 Å². The average Bonchev–Trinajstić information content (AvgIpc) is 2.37. The zero-order valence-electron chi connectivity index (χ0n) is 10.9. The number of hydrogen-bond donors (Lipinski definition) is 1. The first-order valence-electron chi connectivity index (χ1n) is 5.98. The molecule has 110 valence electrons. The minimum absolute atomic E-state index is 0.0123. The van der Waals surface area contributed by atoms with Crippen molar-refractivity contribution in [2.45, 2.75) is 13.0 Å². The van der Waals surface area contributed by atoms with E-state index in [1.54, 1.807) is 0 Å². The van der Waals surface area contributed by atoms with Crippen molar-refractivity contribution in [2.24, 2.45) is 0 Å². The number of aliphatic hydroxyl groups excluding tert-OH is 1. The number of nitrogens with zero attached hydrogens (tertiary/aromatic N) is 1. The Bertz CT molecular complexity index is 689. The molecule has 0 amide bonds. The van der Waals surface area contributed by atoms with E-state index in [-0.39, 0.29) is 17.1 Å². The summed E-state index contributed by atoms with van der Waals surface area (Å²) in [5, 5.41) is 20.1. The first-order valence-corrected chi connectivity index (χ1v) is 5.98. The number of aliphatic hydroxyl groups is 1. The van der Waals surface area contributed by atoms with Crippen molar-refractivity contribution in [3.05, 3.63) is 63.7 Å². The molecule has 5 nitrogen and oxygen atoms in total. The summed E-state index contributed by atoms with van der Waals surface area (Å²) in [6.07, 6.45) is -1.12. The molecule has 0 fully saturated rings. The van der Waals surface area contributed by atoms with Crippen molar-refractivity contribution in [3.63, 3.8) is 0 Å². The second-order valence-corrected chi connectivity index (χ2v) is 4.30. The zero-order valence-corrected chi connectivity index (χ0v) is 10.9. The monoisotopic (exact) mass is 295 g/mol. The van der Waals surface area contributed by atoms with Crippen molar-refractivity contribution in [2.75, 3.05) is 0 Å². The number of rotatable bonds is 4. The maximum atomic E-state index is 13.6. The Labute approximate surface area is 118 Å². The van der Waals surface area contributed by atoms with Crippen molar-refractivity contribution in [3.8, 4) is 11.5 Å². The highest BCUT2D eigenvalue weighted by atomic mass is 19.1. The van der Waals surface area contributed by atoms with Gasteiger partial charge in [0.2, 0.25) is 5.82 Å². The first kappa shape index (κ1) is 14.9. The van der Waals surface area contributed by atoms with Gasteiger partial charge in [0.15, 0.2) is 0 Å². The Morgan fingerprint density at radius 1 is 1.24 bits per heavy atom. The van der Waals surface area contributed by atoms with Gasteiger partial charge in [-0.1, -0.05) is 6.07 Å². The van der Waals surface area contributed by atoms with Gasteiger partial charge in [-0.05, 0) is 25.1 Å². The molecule has 0 bridgehead atoms. The third-order valence-corrected chi connectivity index (χ3v) is 2.77. The Balaban J connectivity index is 2.37. The number of benzene rings is 2. The molecule has 1 atom stereocenters. The Morgan fingerprint density at radius 2 is 1.95 bits per heavy atom. The predicted octanol–water partition coefficient (Wildman–Crippen LogP) is 3.72. The second kappa shape index (κ2) is 5.84. The van der Waals surface area contributed by atoms with Crippen LogP contribution in [-0.4, -0.2) is 10.0 Å².